The van der Waals surface area contributed by atoms with Crippen LogP contribution < -0.4 is 15.6 Å². The van der Waals surface area contributed by atoms with Gasteiger partial charge in [-0.05, 0) is 11.1 Å². The molecule has 8 heteroatoms. The molecule has 0 aliphatic carbocycles. The molecule has 3 rings (SSSR count). The van der Waals surface area contributed by atoms with Crippen molar-refractivity contribution in [1.82, 2.24) is 5.32 Å². The van der Waals surface area contributed by atoms with Crippen molar-refractivity contribution in [3.8, 4) is 0 Å². The summed E-state index contributed by atoms with van der Waals surface area (Å²) in [7, 11) is 0. The van der Waals surface area contributed by atoms with Crippen LogP contribution in [0.15, 0.2) is 85.2 Å². The lowest BCUT2D eigenvalue weighted by Gasteiger charge is -2.17. The number of hydrogen-bond donors (Lipinski definition) is 2. The van der Waals surface area contributed by atoms with Gasteiger partial charge in [0.25, 0.3) is 0 Å². The fraction of sp³-hybridized carbons (Fsp3) is 0.200. The standard InChI is InChI=1S/C25H25N3O5/c26-23(29)21-11-14-28(15-12-21)16-13-22(24(30)32-17-19-7-3-1-4-8-19)27-25(31)33-18-20-9-5-2-6-10-20/h1-12,14-15,22H,13,16-18H2,(H2-,26,27,29,31)/p+1/t22-/m0/s1. The quantitative estimate of drug-likeness (QED) is 0.366. The fourth-order valence-corrected chi connectivity index (χ4v) is 3.03. The van der Waals surface area contributed by atoms with Crippen molar-refractivity contribution < 1.29 is 28.4 Å². The molecule has 1 heterocycles. The summed E-state index contributed by atoms with van der Waals surface area (Å²) in [6.07, 6.45) is 2.91. The number of nitrogens with two attached hydrogens (primary N) is 1. The summed E-state index contributed by atoms with van der Waals surface area (Å²) in [6.45, 7) is 0.572. The summed E-state index contributed by atoms with van der Waals surface area (Å²) in [4.78, 5) is 36.3. The van der Waals surface area contributed by atoms with Crippen molar-refractivity contribution in [2.75, 3.05) is 0 Å². The molecule has 3 aromatic rings. The van der Waals surface area contributed by atoms with E-state index in [0.717, 1.165) is 11.1 Å². The van der Waals surface area contributed by atoms with Gasteiger partial charge in [0.2, 0.25) is 5.91 Å². The number of aryl methyl sites for hydroxylation is 1. The van der Waals surface area contributed by atoms with Crippen LogP contribution in [0, 0.1) is 0 Å². The van der Waals surface area contributed by atoms with Gasteiger partial charge in [-0.15, -0.1) is 0 Å². The largest absolute Gasteiger partial charge is 0.459 e. The van der Waals surface area contributed by atoms with Crippen LogP contribution in [0.4, 0.5) is 4.79 Å². The molecule has 0 aliphatic heterocycles. The Morgan fingerprint density at radius 3 is 1.91 bits per heavy atom. The van der Waals surface area contributed by atoms with Crippen LogP contribution in [-0.4, -0.2) is 24.0 Å². The predicted octanol–water partition coefficient (Wildman–Crippen LogP) is 2.50. The Kier molecular flexibility index (Phi) is 8.53. The van der Waals surface area contributed by atoms with Gasteiger partial charge in [0, 0.05) is 18.6 Å². The number of aromatic nitrogens is 1. The van der Waals surface area contributed by atoms with Crippen LogP contribution in [0.2, 0.25) is 0 Å². The van der Waals surface area contributed by atoms with Crippen LogP contribution in [0.3, 0.4) is 0 Å². The fourth-order valence-electron chi connectivity index (χ4n) is 3.03. The molecular formula is C25H26N3O5+. The first kappa shape index (κ1) is 23.5. The average molecular weight is 448 g/mol. The first-order valence-electron chi connectivity index (χ1n) is 10.5. The van der Waals surface area contributed by atoms with Crippen molar-refractivity contribution in [3.63, 3.8) is 0 Å². The molecule has 0 radical (unpaired) electrons. The second kappa shape index (κ2) is 12.0. The lowest BCUT2D eigenvalue weighted by Crippen LogP contribution is -2.45. The molecule has 1 atom stereocenters. The molecule has 0 unspecified atom stereocenters. The van der Waals surface area contributed by atoms with Crippen LogP contribution >= 0.6 is 0 Å². The normalized spacial score (nSPS) is 11.3. The van der Waals surface area contributed by atoms with Crippen molar-refractivity contribution in [2.45, 2.75) is 32.2 Å². The first-order chi connectivity index (χ1) is 16.0. The van der Waals surface area contributed by atoms with E-state index in [4.69, 9.17) is 15.2 Å². The zero-order valence-corrected chi connectivity index (χ0v) is 18.1. The summed E-state index contributed by atoms with van der Waals surface area (Å²) in [5.74, 6) is -1.09. The number of rotatable bonds is 10. The zero-order chi connectivity index (χ0) is 23.5. The highest BCUT2D eigenvalue weighted by atomic mass is 16.6. The van der Waals surface area contributed by atoms with Gasteiger partial charge in [0.1, 0.15) is 19.3 Å². The van der Waals surface area contributed by atoms with E-state index in [-0.39, 0.29) is 19.6 Å². The summed E-state index contributed by atoms with van der Waals surface area (Å²) >= 11 is 0. The van der Waals surface area contributed by atoms with Gasteiger partial charge < -0.3 is 20.5 Å². The average Bonchev–Trinajstić information content (AvgIpc) is 2.85. The Balaban J connectivity index is 1.60. The molecule has 8 nitrogen and oxygen atoms in total. The topological polar surface area (TPSA) is 112 Å². The van der Waals surface area contributed by atoms with E-state index in [1.807, 2.05) is 60.7 Å². The maximum Gasteiger partial charge on any atom is 0.408 e. The predicted molar refractivity (Wildman–Crippen MR) is 120 cm³/mol. The molecule has 2 aromatic carbocycles. The number of hydrogen-bond acceptors (Lipinski definition) is 5. The Bertz CT molecular complexity index is 1060. The second-order valence-corrected chi connectivity index (χ2v) is 7.33. The molecule has 170 valence electrons. The number of amides is 2. The van der Waals surface area contributed by atoms with E-state index in [2.05, 4.69) is 5.32 Å². The van der Waals surface area contributed by atoms with E-state index in [0.29, 0.717) is 12.1 Å². The van der Waals surface area contributed by atoms with E-state index in [1.165, 1.54) is 0 Å². The minimum absolute atomic E-state index is 0.0851. The SMILES string of the molecule is NC(=O)c1cc[n+](CC[C@H](NC(=O)OCc2ccccc2)C(=O)OCc2ccccc2)cc1. The molecular weight excluding hydrogens is 422 g/mol. The lowest BCUT2D eigenvalue weighted by atomic mass is 10.2. The van der Waals surface area contributed by atoms with Gasteiger partial charge in [-0.2, -0.15) is 0 Å². The van der Waals surface area contributed by atoms with Gasteiger partial charge in [-0.1, -0.05) is 60.7 Å². The number of benzene rings is 2. The van der Waals surface area contributed by atoms with E-state index in [1.54, 1.807) is 29.1 Å². The van der Waals surface area contributed by atoms with E-state index in [9.17, 15) is 14.4 Å². The molecule has 0 aliphatic rings. The van der Waals surface area contributed by atoms with E-state index >= 15 is 0 Å². The highest BCUT2D eigenvalue weighted by Gasteiger charge is 2.25. The number of carbonyl (C=O) groups is 3. The number of nitrogens with one attached hydrogen (secondary N) is 1. The monoisotopic (exact) mass is 448 g/mol. The maximum atomic E-state index is 12.7. The smallest absolute Gasteiger partial charge is 0.408 e. The molecule has 33 heavy (non-hydrogen) atoms. The van der Waals surface area contributed by atoms with Gasteiger partial charge in [-0.25, -0.2) is 14.2 Å². The van der Waals surface area contributed by atoms with Crippen LogP contribution in [0.25, 0.3) is 0 Å². The van der Waals surface area contributed by atoms with Crippen molar-refractivity contribution >= 4 is 18.0 Å². The second-order valence-electron chi connectivity index (χ2n) is 7.33. The van der Waals surface area contributed by atoms with Crippen molar-refractivity contribution in [1.29, 1.82) is 0 Å². The van der Waals surface area contributed by atoms with Gasteiger partial charge in [0.15, 0.2) is 18.9 Å². The highest BCUT2D eigenvalue weighted by molar-refractivity contribution is 5.92. The van der Waals surface area contributed by atoms with Crippen LogP contribution in [-0.2, 0) is 34.0 Å². The summed E-state index contributed by atoms with van der Waals surface area (Å²) in [5, 5.41) is 2.60. The molecule has 0 fully saturated rings. The summed E-state index contributed by atoms with van der Waals surface area (Å²) < 4.78 is 12.4. The first-order valence-corrected chi connectivity index (χ1v) is 10.5. The van der Waals surface area contributed by atoms with Crippen molar-refractivity contribution in [2.24, 2.45) is 5.73 Å². The van der Waals surface area contributed by atoms with Crippen molar-refractivity contribution in [3.05, 3.63) is 102 Å². The molecule has 0 spiro atoms. The molecule has 1 aromatic heterocycles. The maximum absolute atomic E-state index is 12.7. The Hall–Kier alpha value is -4.20. The molecule has 3 N–H and O–H groups in total. The molecule has 0 bridgehead atoms. The molecule has 2 amide bonds. The minimum Gasteiger partial charge on any atom is -0.459 e. The number of alkyl carbamates (subject to hydrolysis) is 1. The van der Waals surface area contributed by atoms with Crippen LogP contribution in [0.5, 0.6) is 0 Å². The number of primary amides is 1. The van der Waals surface area contributed by atoms with Gasteiger partial charge >= 0.3 is 12.1 Å². The van der Waals surface area contributed by atoms with Gasteiger partial charge in [-0.3, -0.25) is 4.79 Å². The third-order valence-electron chi connectivity index (χ3n) is 4.86. The summed E-state index contributed by atoms with van der Waals surface area (Å²) in [6, 6.07) is 20.8. The Morgan fingerprint density at radius 2 is 1.36 bits per heavy atom. The highest BCUT2D eigenvalue weighted by Crippen LogP contribution is 2.06. The number of esters is 1. The Morgan fingerprint density at radius 1 is 0.818 bits per heavy atom. The number of pyridine rings is 1. The summed E-state index contributed by atoms with van der Waals surface area (Å²) in [5.41, 5.74) is 7.32. The molecule has 0 saturated carbocycles. The zero-order valence-electron chi connectivity index (χ0n) is 18.1. The Labute approximate surface area is 191 Å². The van der Waals surface area contributed by atoms with E-state index < -0.39 is 24.0 Å². The minimum atomic E-state index is -0.916. The van der Waals surface area contributed by atoms with Gasteiger partial charge in [0.05, 0.1) is 5.56 Å². The molecule has 0 saturated heterocycles. The lowest BCUT2D eigenvalue weighted by molar-refractivity contribution is -0.697. The number of nitrogens with zero attached hydrogens (tertiary/aromatic N) is 1. The third kappa shape index (κ3) is 7.77. The number of ether oxygens (including phenoxy) is 2. The third-order valence-corrected chi connectivity index (χ3v) is 4.86. The van der Waals surface area contributed by atoms with Crippen LogP contribution in [0.1, 0.15) is 27.9 Å². The number of carbonyl (C=O) groups excluding carboxylic acids is 3.